The molecule has 3 rings (SSSR count). The number of aryl methyl sites for hydroxylation is 3. The van der Waals surface area contributed by atoms with Crippen molar-refractivity contribution in [3.05, 3.63) is 58.7 Å². The molecule has 0 aliphatic carbocycles. The first-order chi connectivity index (χ1) is 14.6. The molecule has 7 nitrogen and oxygen atoms in total. The van der Waals surface area contributed by atoms with Gasteiger partial charge in [-0.15, -0.1) is 0 Å². The van der Waals surface area contributed by atoms with E-state index >= 15 is 0 Å². The largest absolute Gasteiger partial charge is 0.465 e. The van der Waals surface area contributed by atoms with Gasteiger partial charge in [0.1, 0.15) is 0 Å². The highest BCUT2D eigenvalue weighted by Crippen LogP contribution is 2.29. The fraction of sp³-hybridized carbons (Fsp3) is 0.391. The van der Waals surface area contributed by atoms with Crippen LogP contribution in [0.5, 0.6) is 0 Å². The van der Waals surface area contributed by atoms with Crippen LogP contribution in [0.25, 0.3) is 0 Å². The van der Waals surface area contributed by atoms with E-state index in [0.29, 0.717) is 35.5 Å². The van der Waals surface area contributed by atoms with E-state index in [1.165, 1.54) is 11.4 Å². The van der Waals surface area contributed by atoms with E-state index in [1.54, 1.807) is 38.1 Å². The van der Waals surface area contributed by atoms with Crippen LogP contribution in [-0.2, 0) is 19.6 Å². The van der Waals surface area contributed by atoms with E-state index in [4.69, 9.17) is 0 Å². The summed E-state index contributed by atoms with van der Waals surface area (Å²) < 4.78 is 32.8. The first-order valence-electron chi connectivity index (χ1n) is 10.2. The number of piperidine rings is 1. The molecule has 166 valence electrons. The minimum atomic E-state index is -3.70. The van der Waals surface area contributed by atoms with Crippen molar-refractivity contribution in [2.24, 2.45) is 5.92 Å². The summed E-state index contributed by atoms with van der Waals surface area (Å²) in [6, 6.07) is 10.1. The maximum Gasteiger partial charge on any atom is 0.337 e. The van der Waals surface area contributed by atoms with E-state index in [2.05, 4.69) is 10.1 Å². The Kier molecular flexibility index (Phi) is 6.81. The average molecular weight is 445 g/mol. The van der Waals surface area contributed by atoms with Crippen molar-refractivity contribution in [3.63, 3.8) is 0 Å². The van der Waals surface area contributed by atoms with Crippen LogP contribution in [0.15, 0.2) is 41.3 Å². The second-order valence-corrected chi connectivity index (χ2v) is 9.86. The molecule has 2 aromatic carbocycles. The first kappa shape index (κ1) is 23.0. The number of amides is 1. The minimum absolute atomic E-state index is 0.140. The van der Waals surface area contributed by atoms with E-state index < -0.39 is 21.9 Å². The maximum absolute atomic E-state index is 13.3. The normalized spacial score (nSPS) is 17.2. The summed E-state index contributed by atoms with van der Waals surface area (Å²) in [5, 5.41) is 2.83. The molecule has 0 radical (unpaired) electrons. The topological polar surface area (TPSA) is 92.8 Å². The standard InChI is InChI=1S/C23H28N2O5S/c1-15-12-16(2)21(17(3)13-15)31(28,29)25-11-5-6-19(14-25)22(26)24-20-9-7-18(8-10-20)23(27)30-4/h7-10,12-13,19H,5-6,11,14H2,1-4H3,(H,24,26)/t19-/m1/s1. The molecular formula is C23H28N2O5S. The van der Waals surface area contributed by atoms with Gasteiger partial charge in [0.05, 0.1) is 23.5 Å². The fourth-order valence-corrected chi connectivity index (χ4v) is 6.06. The molecule has 1 heterocycles. The van der Waals surface area contributed by atoms with Gasteiger partial charge in [-0.1, -0.05) is 17.7 Å². The number of methoxy groups -OCH3 is 1. The predicted molar refractivity (Wildman–Crippen MR) is 119 cm³/mol. The molecule has 0 bridgehead atoms. The Morgan fingerprint density at radius 2 is 1.68 bits per heavy atom. The number of anilines is 1. The quantitative estimate of drug-likeness (QED) is 0.713. The van der Waals surface area contributed by atoms with Gasteiger partial charge in [0, 0.05) is 18.8 Å². The number of esters is 1. The maximum atomic E-state index is 13.3. The van der Waals surface area contributed by atoms with Gasteiger partial charge in [-0.3, -0.25) is 4.79 Å². The number of hydrogen-bond acceptors (Lipinski definition) is 5. The van der Waals surface area contributed by atoms with Crippen molar-refractivity contribution in [2.45, 2.75) is 38.5 Å². The molecule has 31 heavy (non-hydrogen) atoms. The zero-order valence-corrected chi connectivity index (χ0v) is 19.1. The van der Waals surface area contributed by atoms with Crippen LogP contribution >= 0.6 is 0 Å². The summed E-state index contributed by atoms with van der Waals surface area (Å²) >= 11 is 0. The second kappa shape index (κ2) is 9.20. The molecule has 2 aromatic rings. The zero-order valence-electron chi connectivity index (χ0n) is 18.3. The number of hydrogen-bond donors (Lipinski definition) is 1. The third kappa shape index (κ3) is 4.97. The number of nitrogens with one attached hydrogen (secondary N) is 1. The van der Waals surface area contributed by atoms with E-state index in [-0.39, 0.29) is 12.5 Å². The predicted octanol–water partition coefficient (Wildman–Crippen LogP) is 3.44. The third-order valence-corrected chi connectivity index (χ3v) is 7.70. The highest BCUT2D eigenvalue weighted by atomic mass is 32.2. The van der Waals surface area contributed by atoms with Crippen LogP contribution < -0.4 is 5.32 Å². The molecule has 0 aromatic heterocycles. The highest BCUT2D eigenvalue weighted by molar-refractivity contribution is 7.89. The molecule has 1 fully saturated rings. The molecule has 8 heteroatoms. The number of carbonyl (C=O) groups is 2. The van der Waals surface area contributed by atoms with Crippen molar-refractivity contribution in [2.75, 3.05) is 25.5 Å². The monoisotopic (exact) mass is 444 g/mol. The van der Waals surface area contributed by atoms with Gasteiger partial charge in [0.15, 0.2) is 0 Å². The number of nitrogens with zero attached hydrogens (tertiary/aromatic N) is 1. The smallest absolute Gasteiger partial charge is 0.337 e. The SMILES string of the molecule is COC(=O)c1ccc(NC(=O)[C@@H]2CCCN(S(=O)(=O)c3c(C)cc(C)cc3C)C2)cc1. The Hall–Kier alpha value is -2.71. The summed E-state index contributed by atoms with van der Waals surface area (Å²) in [7, 11) is -2.39. The lowest BCUT2D eigenvalue weighted by molar-refractivity contribution is -0.120. The van der Waals surface area contributed by atoms with Crippen molar-refractivity contribution >= 4 is 27.6 Å². The lowest BCUT2D eigenvalue weighted by atomic mass is 9.98. The Morgan fingerprint density at radius 3 is 2.26 bits per heavy atom. The Labute approximate surface area is 183 Å². The van der Waals surface area contributed by atoms with E-state index in [0.717, 1.165) is 16.7 Å². The molecule has 1 atom stereocenters. The van der Waals surface area contributed by atoms with Crippen molar-refractivity contribution in [1.82, 2.24) is 4.31 Å². The molecule has 1 aliphatic rings. The van der Waals surface area contributed by atoms with Gasteiger partial charge in [0.25, 0.3) is 0 Å². The van der Waals surface area contributed by atoms with E-state index in [1.807, 2.05) is 19.1 Å². The Bertz CT molecular complexity index is 1070. The van der Waals surface area contributed by atoms with Crippen LogP contribution in [0.4, 0.5) is 5.69 Å². The molecule has 0 saturated carbocycles. The highest BCUT2D eigenvalue weighted by Gasteiger charge is 2.34. The second-order valence-electron chi connectivity index (χ2n) is 7.99. The number of rotatable bonds is 5. The van der Waals surface area contributed by atoms with Crippen molar-refractivity contribution in [3.8, 4) is 0 Å². The zero-order chi connectivity index (χ0) is 22.8. The Morgan fingerprint density at radius 1 is 1.06 bits per heavy atom. The molecule has 0 unspecified atom stereocenters. The van der Waals surface area contributed by atoms with Gasteiger partial charge < -0.3 is 10.1 Å². The van der Waals surface area contributed by atoms with Gasteiger partial charge in [-0.05, 0) is 69.0 Å². The molecule has 0 spiro atoms. The van der Waals surface area contributed by atoms with Gasteiger partial charge in [0.2, 0.25) is 15.9 Å². The summed E-state index contributed by atoms with van der Waals surface area (Å²) in [6.07, 6.45) is 1.23. The van der Waals surface area contributed by atoms with Crippen LogP contribution in [0.1, 0.15) is 39.9 Å². The van der Waals surface area contributed by atoms with Crippen LogP contribution in [0.2, 0.25) is 0 Å². The lowest BCUT2D eigenvalue weighted by Gasteiger charge is -2.32. The van der Waals surface area contributed by atoms with Gasteiger partial charge in [-0.2, -0.15) is 4.31 Å². The summed E-state index contributed by atoms with van der Waals surface area (Å²) in [4.78, 5) is 24.7. The lowest BCUT2D eigenvalue weighted by Crippen LogP contribution is -2.44. The number of sulfonamides is 1. The minimum Gasteiger partial charge on any atom is -0.465 e. The fourth-order valence-electron chi connectivity index (χ4n) is 4.13. The first-order valence-corrected chi connectivity index (χ1v) is 11.6. The molecular weight excluding hydrogens is 416 g/mol. The summed E-state index contributed by atoms with van der Waals surface area (Å²) in [5.41, 5.74) is 3.38. The number of ether oxygens (including phenoxy) is 1. The molecule has 1 N–H and O–H groups in total. The summed E-state index contributed by atoms with van der Waals surface area (Å²) in [6.45, 7) is 6.08. The third-order valence-electron chi connectivity index (χ3n) is 5.53. The number of benzene rings is 2. The summed E-state index contributed by atoms with van der Waals surface area (Å²) in [5.74, 6) is -1.13. The molecule has 1 saturated heterocycles. The van der Waals surface area contributed by atoms with Crippen LogP contribution in [0, 0.1) is 26.7 Å². The average Bonchev–Trinajstić information content (AvgIpc) is 2.73. The van der Waals surface area contributed by atoms with Crippen molar-refractivity contribution < 1.29 is 22.7 Å². The Balaban J connectivity index is 1.74. The van der Waals surface area contributed by atoms with E-state index in [9.17, 15) is 18.0 Å². The molecule has 1 amide bonds. The molecule has 1 aliphatic heterocycles. The van der Waals surface area contributed by atoms with Crippen LogP contribution in [-0.4, -0.2) is 44.8 Å². The van der Waals surface area contributed by atoms with Crippen molar-refractivity contribution in [1.29, 1.82) is 0 Å². The van der Waals surface area contributed by atoms with Gasteiger partial charge >= 0.3 is 5.97 Å². The van der Waals surface area contributed by atoms with Gasteiger partial charge in [-0.25, -0.2) is 13.2 Å². The van der Waals surface area contributed by atoms with Crippen LogP contribution in [0.3, 0.4) is 0 Å². The number of carbonyl (C=O) groups excluding carboxylic acids is 2.